The Bertz CT molecular complexity index is 509. The Hall–Kier alpha value is -1.20. The highest BCUT2D eigenvalue weighted by molar-refractivity contribution is 5.84. The van der Waals surface area contributed by atoms with E-state index in [1.54, 1.807) is 0 Å². The van der Waals surface area contributed by atoms with Crippen molar-refractivity contribution in [2.24, 2.45) is 23.7 Å². The number of ether oxygens (including phenoxy) is 1. The first-order chi connectivity index (χ1) is 13.0. The summed E-state index contributed by atoms with van der Waals surface area (Å²) in [6.07, 6.45) is 11.0. The summed E-state index contributed by atoms with van der Waals surface area (Å²) in [5, 5.41) is 20.6. The van der Waals surface area contributed by atoms with Crippen LogP contribution in [0.15, 0.2) is 12.2 Å². The highest BCUT2D eigenvalue weighted by atomic mass is 16.5. The van der Waals surface area contributed by atoms with Crippen LogP contribution in [0.1, 0.15) is 71.1 Å². The Morgan fingerprint density at radius 2 is 1.96 bits per heavy atom. The molecule has 0 aromatic rings. The average molecular weight is 381 g/mol. The predicted molar refractivity (Wildman–Crippen MR) is 104 cm³/mol. The topological polar surface area (TPSA) is 83.8 Å². The largest absolute Gasteiger partial charge is 0.469 e. The van der Waals surface area contributed by atoms with Crippen molar-refractivity contribution in [3.8, 4) is 0 Å². The molecule has 0 spiro atoms. The second kappa shape index (κ2) is 11.0. The van der Waals surface area contributed by atoms with Gasteiger partial charge in [-0.1, -0.05) is 44.8 Å². The first-order valence-corrected chi connectivity index (χ1v) is 10.6. The number of hydrogen-bond donors (Lipinski definition) is 2. The van der Waals surface area contributed by atoms with Gasteiger partial charge in [0.2, 0.25) is 0 Å². The van der Waals surface area contributed by atoms with E-state index in [2.05, 4.69) is 11.7 Å². The number of unbranched alkanes of at least 4 members (excludes halogenated alkanes) is 3. The monoisotopic (exact) mass is 380 g/mol. The van der Waals surface area contributed by atoms with E-state index in [0.717, 1.165) is 50.9 Å². The molecule has 0 saturated heterocycles. The first kappa shape index (κ1) is 22.1. The van der Waals surface area contributed by atoms with Gasteiger partial charge < -0.3 is 14.9 Å². The summed E-state index contributed by atoms with van der Waals surface area (Å²) >= 11 is 0. The van der Waals surface area contributed by atoms with Gasteiger partial charge in [-0.3, -0.25) is 9.59 Å². The first-order valence-electron chi connectivity index (χ1n) is 10.6. The highest BCUT2D eigenvalue weighted by Crippen LogP contribution is 2.39. The van der Waals surface area contributed by atoms with Gasteiger partial charge in [0.1, 0.15) is 5.78 Å². The fourth-order valence-corrected chi connectivity index (χ4v) is 4.48. The van der Waals surface area contributed by atoms with Crippen molar-refractivity contribution in [2.45, 2.75) is 83.3 Å². The second-order valence-corrected chi connectivity index (χ2v) is 8.33. The van der Waals surface area contributed by atoms with E-state index in [0.29, 0.717) is 12.3 Å². The summed E-state index contributed by atoms with van der Waals surface area (Å²) in [6.45, 7) is 2.18. The molecule has 0 unspecified atom stereocenters. The summed E-state index contributed by atoms with van der Waals surface area (Å²) in [5.41, 5.74) is 0. The number of methoxy groups -OCH3 is 1. The molecule has 2 saturated carbocycles. The number of esters is 1. The lowest BCUT2D eigenvalue weighted by Gasteiger charge is -2.37. The van der Waals surface area contributed by atoms with Crippen molar-refractivity contribution in [3.05, 3.63) is 12.2 Å². The summed E-state index contributed by atoms with van der Waals surface area (Å²) in [7, 11) is 1.40. The van der Waals surface area contributed by atoms with Crippen LogP contribution >= 0.6 is 0 Å². The van der Waals surface area contributed by atoms with Crippen LogP contribution in [-0.2, 0) is 14.3 Å². The number of carbonyl (C=O) groups excluding carboxylic acids is 2. The van der Waals surface area contributed by atoms with Crippen molar-refractivity contribution in [2.75, 3.05) is 7.11 Å². The Morgan fingerprint density at radius 3 is 2.63 bits per heavy atom. The van der Waals surface area contributed by atoms with Gasteiger partial charge in [-0.25, -0.2) is 0 Å². The molecule has 5 heteroatoms. The average Bonchev–Trinajstić information content (AvgIpc) is 2.87. The van der Waals surface area contributed by atoms with Crippen LogP contribution in [-0.4, -0.2) is 41.3 Å². The van der Waals surface area contributed by atoms with Crippen molar-refractivity contribution in [1.29, 1.82) is 0 Å². The Balaban J connectivity index is 1.74. The molecule has 2 aliphatic carbocycles. The molecular formula is C22H36O5. The van der Waals surface area contributed by atoms with E-state index in [1.807, 2.05) is 12.2 Å². The summed E-state index contributed by atoms with van der Waals surface area (Å²) in [5.74, 6) is 0.705. The molecule has 2 aliphatic rings. The molecule has 2 N–H and O–H groups in total. The number of aliphatic hydroxyl groups is 2. The lowest BCUT2D eigenvalue weighted by Crippen LogP contribution is -2.32. The van der Waals surface area contributed by atoms with Crippen LogP contribution < -0.4 is 0 Å². The molecule has 4 atom stereocenters. The Morgan fingerprint density at radius 1 is 1.26 bits per heavy atom. The lowest BCUT2D eigenvalue weighted by atomic mass is 9.70. The lowest BCUT2D eigenvalue weighted by molar-refractivity contribution is -0.140. The van der Waals surface area contributed by atoms with E-state index in [-0.39, 0.29) is 30.0 Å². The number of aliphatic hydroxyl groups excluding tert-OH is 2. The maximum absolute atomic E-state index is 12.3. The van der Waals surface area contributed by atoms with Gasteiger partial charge in [0, 0.05) is 24.7 Å². The molecule has 0 bridgehead atoms. The van der Waals surface area contributed by atoms with E-state index in [1.165, 1.54) is 13.5 Å². The molecule has 154 valence electrons. The highest BCUT2D eigenvalue weighted by Gasteiger charge is 2.40. The van der Waals surface area contributed by atoms with Crippen molar-refractivity contribution < 1.29 is 24.5 Å². The molecule has 27 heavy (non-hydrogen) atoms. The van der Waals surface area contributed by atoms with Gasteiger partial charge in [0.25, 0.3) is 0 Å². The number of ketones is 1. The number of Topliss-reactive ketones (excluding diaryl/α,β-unsaturated/α-hetero) is 1. The van der Waals surface area contributed by atoms with Crippen molar-refractivity contribution >= 4 is 11.8 Å². The molecule has 5 nitrogen and oxygen atoms in total. The molecule has 0 aromatic heterocycles. The quantitative estimate of drug-likeness (QED) is 0.326. The Kier molecular flexibility index (Phi) is 8.97. The van der Waals surface area contributed by atoms with Gasteiger partial charge in [-0.05, 0) is 37.5 Å². The molecule has 2 rings (SSSR count). The third-order valence-corrected chi connectivity index (χ3v) is 6.47. The van der Waals surface area contributed by atoms with E-state index >= 15 is 0 Å². The van der Waals surface area contributed by atoms with Gasteiger partial charge in [-0.15, -0.1) is 0 Å². The van der Waals surface area contributed by atoms with Crippen molar-refractivity contribution in [3.63, 3.8) is 0 Å². The van der Waals surface area contributed by atoms with Crippen LogP contribution in [0.5, 0.6) is 0 Å². The minimum atomic E-state index is -0.630. The van der Waals surface area contributed by atoms with E-state index < -0.39 is 12.2 Å². The normalized spacial score (nSPS) is 31.9. The predicted octanol–water partition coefficient (Wildman–Crippen LogP) is 3.42. The Labute approximate surface area is 163 Å². The second-order valence-electron chi connectivity index (χ2n) is 8.33. The van der Waals surface area contributed by atoms with Crippen LogP contribution in [0.2, 0.25) is 0 Å². The zero-order chi connectivity index (χ0) is 19.8. The maximum atomic E-state index is 12.3. The van der Waals surface area contributed by atoms with Crippen LogP contribution in [0.3, 0.4) is 0 Å². The number of rotatable bonds is 11. The van der Waals surface area contributed by atoms with E-state index in [4.69, 9.17) is 0 Å². The van der Waals surface area contributed by atoms with Gasteiger partial charge in [0.05, 0.1) is 19.3 Å². The molecular weight excluding hydrogens is 344 g/mol. The zero-order valence-electron chi connectivity index (χ0n) is 16.8. The number of hydrogen-bond acceptors (Lipinski definition) is 5. The van der Waals surface area contributed by atoms with Gasteiger partial charge >= 0.3 is 5.97 Å². The standard InChI is InChI=1S/C22H36O5/c1-3-15-12-16(13-15)19(23)11-10-18-17(20(24)14-21(18)25)8-6-4-5-7-9-22(26)27-2/h10-11,15-19,21,23,25H,3-9,12-14H2,1-2H3/b11-10+/t15?,16?,17-,18-,19-,21-/m1/s1. The minimum absolute atomic E-state index is 0.135. The van der Waals surface area contributed by atoms with Crippen LogP contribution in [0.25, 0.3) is 0 Å². The summed E-state index contributed by atoms with van der Waals surface area (Å²) in [6, 6.07) is 0. The molecule has 0 amide bonds. The number of carbonyl (C=O) groups is 2. The molecule has 0 aliphatic heterocycles. The van der Waals surface area contributed by atoms with Gasteiger partial charge in [-0.2, -0.15) is 0 Å². The zero-order valence-corrected chi connectivity index (χ0v) is 16.8. The van der Waals surface area contributed by atoms with Crippen LogP contribution in [0, 0.1) is 23.7 Å². The van der Waals surface area contributed by atoms with E-state index in [9.17, 15) is 19.8 Å². The third kappa shape index (κ3) is 6.42. The molecule has 0 radical (unpaired) electrons. The third-order valence-electron chi connectivity index (χ3n) is 6.47. The summed E-state index contributed by atoms with van der Waals surface area (Å²) < 4.78 is 4.63. The van der Waals surface area contributed by atoms with Crippen LogP contribution in [0.4, 0.5) is 0 Å². The molecule has 0 heterocycles. The molecule has 2 fully saturated rings. The fraction of sp³-hybridized carbons (Fsp3) is 0.818. The SMILES string of the molecule is CCC1CC([C@H](O)/C=C/[C@H]2[C@H](O)CC(=O)[C@@H]2CCCCCCC(=O)OC)C1. The minimum Gasteiger partial charge on any atom is -0.469 e. The summed E-state index contributed by atoms with van der Waals surface area (Å²) in [4.78, 5) is 23.3. The molecule has 0 aromatic carbocycles. The van der Waals surface area contributed by atoms with Crippen molar-refractivity contribution in [1.82, 2.24) is 0 Å². The smallest absolute Gasteiger partial charge is 0.305 e. The maximum Gasteiger partial charge on any atom is 0.305 e. The fourth-order valence-electron chi connectivity index (χ4n) is 4.48. The van der Waals surface area contributed by atoms with Gasteiger partial charge in [0.15, 0.2) is 0 Å².